The molecule has 2 rings (SSSR count). The molecular formula is C13H14N2O4. The Morgan fingerprint density at radius 2 is 2.26 bits per heavy atom. The average molecular weight is 262 g/mol. The molecule has 0 atom stereocenters. The third kappa shape index (κ3) is 3.09. The lowest BCUT2D eigenvalue weighted by molar-refractivity contribution is -0.128. The monoisotopic (exact) mass is 262 g/mol. The van der Waals surface area contributed by atoms with E-state index < -0.39 is 0 Å². The Morgan fingerprint density at radius 1 is 1.42 bits per heavy atom. The van der Waals surface area contributed by atoms with Crippen LogP contribution >= 0.6 is 0 Å². The molecule has 0 N–H and O–H groups in total. The summed E-state index contributed by atoms with van der Waals surface area (Å²) in [5.74, 6) is 0.0780. The van der Waals surface area contributed by atoms with Gasteiger partial charge in [0.25, 0.3) is 12.4 Å². The lowest BCUT2D eigenvalue weighted by atomic mass is 10.2. The molecule has 1 aromatic carbocycles. The van der Waals surface area contributed by atoms with Crippen LogP contribution in [0.4, 0.5) is 5.69 Å². The molecule has 1 heterocycles. The van der Waals surface area contributed by atoms with Crippen molar-refractivity contribution < 1.29 is 18.7 Å². The standard InChI is InChI=1S/C13H14N2O4/c1-15(5-2-6-18-9-17)10-3-4-11-12(7-10)19-13(8-16)14-11/h3-4,7-9H,2,5-6H2,1H3. The van der Waals surface area contributed by atoms with Gasteiger partial charge in [-0.1, -0.05) is 0 Å². The summed E-state index contributed by atoms with van der Waals surface area (Å²) in [5, 5.41) is 0. The Balaban J connectivity index is 2.06. The summed E-state index contributed by atoms with van der Waals surface area (Å²) in [7, 11) is 1.93. The molecule has 0 unspecified atom stereocenters. The summed E-state index contributed by atoms with van der Waals surface area (Å²) in [5.41, 5.74) is 2.19. The van der Waals surface area contributed by atoms with Gasteiger partial charge in [-0.3, -0.25) is 9.59 Å². The number of rotatable bonds is 7. The first-order valence-corrected chi connectivity index (χ1v) is 5.87. The highest BCUT2D eigenvalue weighted by molar-refractivity contribution is 5.81. The minimum absolute atomic E-state index is 0.0780. The Bertz CT molecular complexity index is 579. The first-order chi connectivity index (χ1) is 9.24. The van der Waals surface area contributed by atoms with Crippen molar-refractivity contribution in [1.29, 1.82) is 0 Å². The number of nitrogens with zero attached hydrogens (tertiary/aromatic N) is 2. The summed E-state index contributed by atoms with van der Waals surface area (Å²) in [6.07, 6.45) is 1.32. The zero-order valence-corrected chi connectivity index (χ0v) is 10.5. The van der Waals surface area contributed by atoms with E-state index in [1.807, 2.05) is 24.1 Å². The van der Waals surface area contributed by atoms with Crippen molar-refractivity contribution in [2.24, 2.45) is 0 Å². The molecule has 0 fully saturated rings. The molecule has 100 valence electrons. The first kappa shape index (κ1) is 13.1. The van der Waals surface area contributed by atoms with Crippen molar-refractivity contribution >= 4 is 29.5 Å². The van der Waals surface area contributed by atoms with Crippen molar-refractivity contribution in [2.75, 3.05) is 25.1 Å². The van der Waals surface area contributed by atoms with Gasteiger partial charge in [-0.15, -0.1) is 0 Å². The number of hydrogen-bond acceptors (Lipinski definition) is 6. The Hall–Kier alpha value is -2.37. The lowest BCUT2D eigenvalue weighted by Gasteiger charge is -2.18. The van der Waals surface area contributed by atoms with Crippen LogP contribution in [0.2, 0.25) is 0 Å². The van der Waals surface area contributed by atoms with E-state index in [2.05, 4.69) is 9.72 Å². The number of anilines is 1. The van der Waals surface area contributed by atoms with Gasteiger partial charge in [-0.25, -0.2) is 4.98 Å². The predicted octanol–water partition coefficient (Wildman–Crippen LogP) is 1.64. The SMILES string of the molecule is CN(CCCOC=O)c1ccc2nc(C=O)oc2c1. The van der Waals surface area contributed by atoms with Crippen LogP contribution < -0.4 is 4.90 Å². The molecule has 1 aromatic heterocycles. The van der Waals surface area contributed by atoms with E-state index in [0.717, 1.165) is 18.7 Å². The van der Waals surface area contributed by atoms with Crippen LogP contribution in [0, 0.1) is 0 Å². The number of aldehydes is 1. The molecule has 0 bridgehead atoms. The Labute approximate surface area is 110 Å². The van der Waals surface area contributed by atoms with Gasteiger partial charge in [0.2, 0.25) is 6.29 Å². The summed E-state index contributed by atoms with van der Waals surface area (Å²) in [6, 6.07) is 5.54. The molecule has 2 aromatic rings. The number of hydrogen-bond donors (Lipinski definition) is 0. The van der Waals surface area contributed by atoms with Gasteiger partial charge in [-0.2, -0.15) is 0 Å². The highest BCUT2D eigenvalue weighted by atomic mass is 16.5. The topological polar surface area (TPSA) is 72.6 Å². The largest absolute Gasteiger partial charge is 0.468 e. The molecule has 0 saturated heterocycles. The van der Waals surface area contributed by atoms with E-state index in [-0.39, 0.29) is 5.89 Å². The summed E-state index contributed by atoms with van der Waals surface area (Å²) >= 11 is 0. The number of fused-ring (bicyclic) bond motifs is 1. The molecule has 0 aliphatic heterocycles. The van der Waals surface area contributed by atoms with Gasteiger partial charge >= 0.3 is 0 Å². The molecule has 0 aliphatic rings. The van der Waals surface area contributed by atoms with Crippen LogP contribution in [0.25, 0.3) is 11.1 Å². The van der Waals surface area contributed by atoms with E-state index in [0.29, 0.717) is 30.5 Å². The maximum Gasteiger partial charge on any atom is 0.293 e. The summed E-state index contributed by atoms with van der Waals surface area (Å²) < 4.78 is 9.91. The zero-order chi connectivity index (χ0) is 13.7. The molecule has 0 amide bonds. The summed E-state index contributed by atoms with van der Waals surface area (Å²) in [6.45, 7) is 1.59. The fourth-order valence-corrected chi connectivity index (χ4v) is 1.78. The molecule has 6 nitrogen and oxygen atoms in total. The fourth-order valence-electron chi connectivity index (χ4n) is 1.78. The van der Waals surface area contributed by atoms with Crippen LogP contribution in [0.5, 0.6) is 0 Å². The van der Waals surface area contributed by atoms with E-state index in [9.17, 15) is 9.59 Å². The third-order valence-corrected chi connectivity index (χ3v) is 2.75. The number of ether oxygens (including phenoxy) is 1. The van der Waals surface area contributed by atoms with Gasteiger partial charge < -0.3 is 14.1 Å². The van der Waals surface area contributed by atoms with Crippen molar-refractivity contribution in [3.63, 3.8) is 0 Å². The van der Waals surface area contributed by atoms with E-state index in [1.165, 1.54) is 0 Å². The first-order valence-electron chi connectivity index (χ1n) is 5.87. The smallest absolute Gasteiger partial charge is 0.293 e. The van der Waals surface area contributed by atoms with Gasteiger partial charge in [0.1, 0.15) is 5.52 Å². The van der Waals surface area contributed by atoms with Crippen LogP contribution in [-0.2, 0) is 9.53 Å². The second-order valence-electron chi connectivity index (χ2n) is 4.06. The van der Waals surface area contributed by atoms with E-state index >= 15 is 0 Å². The molecule has 6 heteroatoms. The Kier molecular flexibility index (Phi) is 4.12. The van der Waals surface area contributed by atoms with Gasteiger partial charge in [0.05, 0.1) is 6.61 Å². The maximum absolute atomic E-state index is 10.6. The van der Waals surface area contributed by atoms with Crippen molar-refractivity contribution in [2.45, 2.75) is 6.42 Å². The van der Waals surface area contributed by atoms with E-state index in [4.69, 9.17) is 4.42 Å². The Morgan fingerprint density at radius 3 is 3.00 bits per heavy atom. The minimum atomic E-state index is 0.0780. The van der Waals surface area contributed by atoms with Gasteiger partial charge in [0.15, 0.2) is 5.58 Å². The second-order valence-corrected chi connectivity index (χ2v) is 4.06. The molecular weight excluding hydrogens is 248 g/mol. The van der Waals surface area contributed by atoms with Gasteiger partial charge in [-0.05, 0) is 18.6 Å². The molecule has 19 heavy (non-hydrogen) atoms. The van der Waals surface area contributed by atoms with Gasteiger partial charge in [0, 0.05) is 25.3 Å². The predicted molar refractivity (Wildman–Crippen MR) is 69.3 cm³/mol. The molecule has 0 spiro atoms. The third-order valence-electron chi connectivity index (χ3n) is 2.75. The highest BCUT2D eigenvalue weighted by Gasteiger charge is 2.07. The van der Waals surface area contributed by atoms with Crippen molar-refractivity contribution in [3.05, 3.63) is 24.1 Å². The number of carbonyl (C=O) groups excluding carboxylic acids is 2. The quantitative estimate of drug-likeness (QED) is 0.558. The number of carbonyl (C=O) groups is 2. The van der Waals surface area contributed by atoms with Crippen molar-refractivity contribution in [3.8, 4) is 0 Å². The van der Waals surface area contributed by atoms with E-state index in [1.54, 1.807) is 6.07 Å². The lowest BCUT2D eigenvalue weighted by Crippen LogP contribution is -2.19. The van der Waals surface area contributed by atoms with Crippen LogP contribution in [-0.4, -0.2) is 37.9 Å². The minimum Gasteiger partial charge on any atom is -0.468 e. The molecule has 0 saturated carbocycles. The van der Waals surface area contributed by atoms with Crippen molar-refractivity contribution in [1.82, 2.24) is 4.98 Å². The highest BCUT2D eigenvalue weighted by Crippen LogP contribution is 2.21. The van der Waals surface area contributed by atoms with Crippen LogP contribution in [0.15, 0.2) is 22.6 Å². The second kappa shape index (κ2) is 5.99. The fraction of sp³-hybridized carbons (Fsp3) is 0.308. The zero-order valence-electron chi connectivity index (χ0n) is 10.5. The number of aromatic nitrogens is 1. The van der Waals surface area contributed by atoms with Crippen LogP contribution in [0.3, 0.4) is 0 Å². The average Bonchev–Trinajstić information content (AvgIpc) is 2.85. The number of oxazole rings is 1. The number of benzene rings is 1. The summed E-state index contributed by atoms with van der Waals surface area (Å²) in [4.78, 5) is 26.6. The molecule has 0 radical (unpaired) electrons. The molecule has 0 aliphatic carbocycles. The normalized spacial score (nSPS) is 10.4. The van der Waals surface area contributed by atoms with Crippen LogP contribution in [0.1, 0.15) is 17.1 Å². The maximum atomic E-state index is 10.6.